The van der Waals surface area contributed by atoms with E-state index in [0.29, 0.717) is 5.56 Å². The molecule has 0 radical (unpaired) electrons. The Labute approximate surface area is 121 Å². The van der Waals surface area contributed by atoms with Crippen molar-refractivity contribution in [1.82, 2.24) is 9.55 Å². The van der Waals surface area contributed by atoms with Crippen LogP contribution in [0.5, 0.6) is 0 Å². The number of rotatable bonds is 1. The summed E-state index contributed by atoms with van der Waals surface area (Å²) in [6, 6.07) is 21.4. The number of hydrogen-bond donors (Lipinski definition) is 0. The molecule has 0 aliphatic heterocycles. The van der Waals surface area contributed by atoms with Crippen LogP contribution in [0.3, 0.4) is 0 Å². The Morgan fingerprint density at radius 3 is 2.52 bits per heavy atom. The van der Waals surface area contributed by atoms with Crippen LogP contribution in [0.4, 0.5) is 0 Å². The molecule has 0 saturated carbocycles. The van der Waals surface area contributed by atoms with Crippen LogP contribution < -0.4 is 0 Å². The lowest BCUT2D eigenvalue weighted by molar-refractivity contribution is 0.0964. The summed E-state index contributed by atoms with van der Waals surface area (Å²) in [5.74, 6) is -0.0607. The molecule has 0 aliphatic rings. The minimum Gasteiger partial charge on any atom is -0.268 e. The Morgan fingerprint density at radius 2 is 1.62 bits per heavy atom. The zero-order chi connectivity index (χ0) is 14.2. The molecule has 0 aliphatic carbocycles. The van der Waals surface area contributed by atoms with Gasteiger partial charge in [0.15, 0.2) is 0 Å². The minimum absolute atomic E-state index is 0.0607. The molecule has 3 aromatic carbocycles. The summed E-state index contributed by atoms with van der Waals surface area (Å²) in [5, 5.41) is 2.19. The second-order valence-corrected chi connectivity index (χ2v) is 4.97. The lowest BCUT2D eigenvalue weighted by Crippen LogP contribution is -2.10. The highest BCUT2D eigenvalue weighted by molar-refractivity contribution is 6.03. The van der Waals surface area contributed by atoms with Crippen molar-refractivity contribution >= 4 is 27.7 Å². The normalized spacial score (nSPS) is 11.0. The fourth-order valence-electron chi connectivity index (χ4n) is 2.58. The van der Waals surface area contributed by atoms with Gasteiger partial charge in [-0.25, -0.2) is 4.98 Å². The molecule has 21 heavy (non-hydrogen) atoms. The quantitative estimate of drug-likeness (QED) is 0.527. The number of carbonyl (C=O) groups excluding carboxylic acids is 1. The number of aromatic nitrogens is 2. The molecule has 0 spiro atoms. The van der Waals surface area contributed by atoms with E-state index in [1.165, 1.54) is 0 Å². The largest absolute Gasteiger partial charge is 0.268 e. The smallest absolute Gasteiger partial charge is 0.263 e. The number of para-hydroxylation sites is 2. The molecule has 0 saturated heterocycles. The Kier molecular flexibility index (Phi) is 2.57. The van der Waals surface area contributed by atoms with E-state index in [-0.39, 0.29) is 5.91 Å². The van der Waals surface area contributed by atoms with Crippen molar-refractivity contribution in [2.24, 2.45) is 0 Å². The van der Waals surface area contributed by atoms with E-state index in [1.54, 1.807) is 10.9 Å². The minimum atomic E-state index is -0.0607. The Hall–Kier alpha value is -2.94. The topological polar surface area (TPSA) is 34.9 Å². The van der Waals surface area contributed by atoms with Gasteiger partial charge in [0.05, 0.1) is 11.0 Å². The van der Waals surface area contributed by atoms with Gasteiger partial charge in [0, 0.05) is 5.56 Å². The second kappa shape index (κ2) is 4.56. The summed E-state index contributed by atoms with van der Waals surface area (Å²) in [5.41, 5.74) is 2.32. The van der Waals surface area contributed by atoms with Gasteiger partial charge in [0.2, 0.25) is 0 Å². The zero-order valence-electron chi connectivity index (χ0n) is 11.2. The van der Waals surface area contributed by atoms with Gasteiger partial charge in [0.25, 0.3) is 5.91 Å². The summed E-state index contributed by atoms with van der Waals surface area (Å²) >= 11 is 0. The van der Waals surface area contributed by atoms with E-state index in [0.717, 1.165) is 21.8 Å². The van der Waals surface area contributed by atoms with Crippen LogP contribution in [-0.4, -0.2) is 15.5 Å². The molecule has 0 bridgehead atoms. The van der Waals surface area contributed by atoms with E-state index in [4.69, 9.17) is 0 Å². The second-order valence-electron chi connectivity index (χ2n) is 4.97. The highest BCUT2D eigenvalue weighted by Gasteiger charge is 2.12. The molecular weight excluding hydrogens is 260 g/mol. The summed E-state index contributed by atoms with van der Waals surface area (Å²) in [4.78, 5) is 17.0. The Balaban J connectivity index is 1.86. The van der Waals surface area contributed by atoms with Crippen LogP contribution in [0, 0.1) is 0 Å². The van der Waals surface area contributed by atoms with Gasteiger partial charge < -0.3 is 0 Å². The summed E-state index contributed by atoms with van der Waals surface area (Å²) < 4.78 is 1.60. The van der Waals surface area contributed by atoms with Crippen molar-refractivity contribution in [3.63, 3.8) is 0 Å². The van der Waals surface area contributed by atoms with Gasteiger partial charge in [-0.05, 0) is 35.0 Å². The summed E-state index contributed by atoms with van der Waals surface area (Å²) in [7, 11) is 0. The molecule has 100 valence electrons. The fraction of sp³-hybridized carbons (Fsp3) is 0. The molecule has 3 nitrogen and oxygen atoms in total. The van der Waals surface area contributed by atoms with Crippen molar-refractivity contribution in [2.75, 3.05) is 0 Å². The number of benzene rings is 3. The molecule has 0 atom stereocenters. The predicted octanol–water partition coefficient (Wildman–Crippen LogP) is 3.88. The van der Waals surface area contributed by atoms with Crippen molar-refractivity contribution in [3.05, 3.63) is 78.6 Å². The molecule has 4 rings (SSSR count). The van der Waals surface area contributed by atoms with Gasteiger partial charge >= 0.3 is 0 Å². The van der Waals surface area contributed by atoms with E-state index in [1.807, 2.05) is 66.7 Å². The van der Waals surface area contributed by atoms with Crippen LogP contribution in [-0.2, 0) is 0 Å². The van der Waals surface area contributed by atoms with Gasteiger partial charge in [-0.15, -0.1) is 0 Å². The fourth-order valence-corrected chi connectivity index (χ4v) is 2.58. The first-order chi connectivity index (χ1) is 10.3. The molecule has 0 fully saturated rings. The molecule has 0 amide bonds. The lowest BCUT2D eigenvalue weighted by atomic mass is 10.1. The van der Waals surface area contributed by atoms with Crippen molar-refractivity contribution in [2.45, 2.75) is 0 Å². The third kappa shape index (κ3) is 1.91. The van der Waals surface area contributed by atoms with Crippen LogP contribution in [0.25, 0.3) is 21.8 Å². The molecule has 0 unspecified atom stereocenters. The van der Waals surface area contributed by atoms with Crippen LogP contribution >= 0.6 is 0 Å². The van der Waals surface area contributed by atoms with Gasteiger partial charge in [0.1, 0.15) is 6.33 Å². The van der Waals surface area contributed by atoms with Gasteiger partial charge in [-0.1, -0.05) is 42.5 Å². The maximum absolute atomic E-state index is 12.7. The van der Waals surface area contributed by atoms with Crippen LogP contribution in [0.2, 0.25) is 0 Å². The monoisotopic (exact) mass is 272 g/mol. The van der Waals surface area contributed by atoms with Crippen molar-refractivity contribution in [3.8, 4) is 0 Å². The number of imidazole rings is 1. The lowest BCUT2D eigenvalue weighted by Gasteiger charge is -2.05. The van der Waals surface area contributed by atoms with Crippen molar-refractivity contribution < 1.29 is 4.79 Å². The molecule has 0 N–H and O–H groups in total. The van der Waals surface area contributed by atoms with Gasteiger partial charge in [-0.3, -0.25) is 9.36 Å². The number of fused-ring (bicyclic) bond motifs is 2. The summed E-state index contributed by atoms with van der Waals surface area (Å²) in [6.07, 6.45) is 1.59. The standard InChI is InChI=1S/C18H12N2O/c21-18(20-12-19-16-7-3-4-8-17(16)20)15-10-9-13-5-1-2-6-14(13)11-15/h1-12H. The summed E-state index contributed by atoms with van der Waals surface area (Å²) in [6.45, 7) is 0. The third-order valence-corrected chi connectivity index (χ3v) is 3.67. The first-order valence-corrected chi connectivity index (χ1v) is 6.78. The highest BCUT2D eigenvalue weighted by Crippen LogP contribution is 2.18. The first-order valence-electron chi connectivity index (χ1n) is 6.78. The molecule has 4 aromatic rings. The molecule has 1 aromatic heterocycles. The molecule has 1 heterocycles. The zero-order valence-corrected chi connectivity index (χ0v) is 11.2. The maximum Gasteiger partial charge on any atom is 0.263 e. The van der Waals surface area contributed by atoms with E-state index in [2.05, 4.69) is 4.98 Å². The predicted molar refractivity (Wildman–Crippen MR) is 83.4 cm³/mol. The number of carbonyl (C=O) groups is 1. The van der Waals surface area contributed by atoms with Crippen LogP contribution in [0.1, 0.15) is 10.4 Å². The van der Waals surface area contributed by atoms with Crippen LogP contribution in [0.15, 0.2) is 73.1 Å². The average Bonchev–Trinajstić information content (AvgIpc) is 2.98. The molecular formula is C18H12N2O. The Bertz CT molecular complexity index is 969. The average molecular weight is 272 g/mol. The third-order valence-electron chi connectivity index (χ3n) is 3.67. The van der Waals surface area contributed by atoms with E-state index >= 15 is 0 Å². The first kappa shape index (κ1) is 11.9. The van der Waals surface area contributed by atoms with E-state index < -0.39 is 0 Å². The number of nitrogens with zero attached hydrogens (tertiary/aromatic N) is 2. The van der Waals surface area contributed by atoms with Gasteiger partial charge in [-0.2, -0.15) is 0 Å². The Morgan fingerprint density at radius 1 is 0.857 bits per heavy atom. The number of hydrogen-bond acceptors (Lipinski definition) is 2. The SMILES string of the molecule is O=C(c1ccc2ccccc2c1)n1cnc2ccccc21. The van der Waals surface area contributed by atoms with E-state index in [9.17, 15) is 4.79 Å². The van der Waals surface area contributed by atoms with Crippen molar-refractivity contribution in [1.29, 1.82) is 0 Å². The molecule has 3 heteroatoms. The highest BCUT2D eigenvalue weighted by atomic mass is 16.2. The maximum atomic E-state index is 12.7.